The minimum Gasteiger partial charge on any atom is -0.343 e. The van der Waals surface area contributed by atoms with Crippen LogP contribution < -0.4 is 0 Å². The van der Waals surface area contributed by atoms with Crippen LogP contribution in [0.15, 0.2) is 35.8 Å². The second kappa shape index (κ2) is 7.12. The molecule has 0 saturated heterocycles. The number of aromatic nitrogens is 3. The highest BCUT2D eigenvalue weighted by Gasteiger charge is 2.18. The first-order valence-corrected chi connectivity index (χ1v) is 10.1. The average molecular weight is 352 g/mol. The molecule has 3 aromatic heterocycles. The molecule has 3 aromatic rings. The van der Waals surface area contributed by atoms with Crippen molar-refractivity contribution in [3.05, 3.63) is 47.2 Å². The molecular weight excluding hydrogens is 326 g/mol. The molecular formula is C21H25N3S. The molecule has 0 aromatic carbocycles. The van der Waals surface area contributed by atoms with Gasteiger partial charge in [-0.15, -0.1) is 11.3 Å². The predicted octanol–water partition coefficient (Wildman–Crippen LogP) is 5.87. The van der Waals surface area contributed by atoms with Crippen molar-refractivity contribution >= 4 is 11.3 Å². The van der Waals surface area contributed by atoms with Gasteiger partial charge in [-0.25, -0.2) is 4.98 Å². The van der Waals surface area contributed by atoms with E-state index in [1.54, 1.807) is 11.3 Å². The number of hydrogen-bond acceptors (Lipinski definition) is 3. The molecule has 25 heavy (non-hydrogen) atoms. The fraction of sp³-hybridized carbons (Fsp3) is 0.429. The first kappa shape index (κ1) is 16.5. The third-order valence-corrected chi connectivity index (χ3v) is 6.18. The van der Waals surface area contributed by atoms with Crippen LogP contribution in [0, 0.1) is 19.8 Å². The molecule has 0 radical (unpaired) electrons. The van der Waals surface area contributed by atoms with Crippen LogP contribution in [-0.2, 0) is 6.54 Å². The van der Waals surface area contributed by atoms with Crippen LogP contribution >= 0.6 is 11.3 Å². The minimum atomic E-state index is 0.818. The normalized spacial score (nSPS) is 15.6. The van der Waals surface area contributed by atoms with Crippen LogP contribution in [0.2, 0.25) is 0 Å². The second-order valence-electron chi connectivity index (χ2n) is 7.20. The Morgan fingerprint density at radius 3 is 2.68 bits per heavy atom. The van der Waals surface area contributed by atoms with Gasteiger partial charge in [0.2, 0.25) is 0 Å². The van der Waals surface area contributed by atoms with Gasteiger partial charge in [-0.2, -0.15) is 0 Å². The van der Waals surface area contributed by atoms with Crippen molar-refractivity contribution < 1.29 is 0 Å². The summed E-state index contributed by atoms with van der Waals surface area (Å²) in [5.41, 5.74) is 5.82. The van der Waals surface area contributed by atoms with E-state index in [-0.39, 0.29) is 0 Å². The van der Waals surface area contributed by atoms with Gasteiger partial charge in [-0.3, -0.25) is 4.98 Å². The number of hydrogen-bond donors (Lipinski definition) is 0. The quantitative estimate of drug-likeness (QED) is 0.588. The Morgan fingerprint density at radius 1 is 1.08 bits per heavy atom. The molecule has 130 valence electrons. The van der Waals surface area contributed by atoms with Gasteiger partial charge in [0.1, 0.15) is 5.01 Å². The van der Waals surface area contributed by atoms with E-state index in [1.807, 2.05) is 19.2 Å². The summed E-state index contributed by atoms with van der Waals surface area (Å²) in [6.45, 7) is 5.36. The molecule has 0 unspecified atom stereocenters. The SMILES string of the molecule is Cc1ccc(-c2nc(-c3ccc(C)n3CC3CCCCC3)cs2)cn1. The molecule has 0 spiro atoms. The largest absolute Gasteiger partial charge is 0.343 e. The lowest BCUT2D eigenvalue weighted by atomic mass is 9.89. The Bertz CT molecular complexity index is 838. The molecule has 4 heteroatoms. The first-order valence-electron chi connectivity index (χ1n) is 9.26. The van der Waals surface area contributed by atoms with Crippen LogP contribution in [0.25, 0.3) is 22.0 Å². The summed E-state index contributed by atoms with van der Waals surface area (Å²) in [5, 5.41) is 3.23. The van der Waals surface area contributed by atoms with Crippen molar-refractivity contribution in [3.63, 3.8) is 0 Å². The van der Waals surface area contributed by atoms with Gasteiger partial charge in [0, 0.05) is 35.1 Å². The second-order valence-corrected chi connectivity index (χ2v) is 8.06. The maximum Gasteiger partial charge on any atom is 0.125 e. The van der Waals surface area contributed by atoms with Gasteiger partial charge in [0.15, 0.2) is 0 Å². The summed E-state index contributed by atoms with van der Waals surface area (Å²) >= 11 is 1.70. The van der Waals surface area contributed by atoms with E-state index in [9.17, 15) is 0 Å². The Labute approximate surface area is 153 Å². The highest BCUT2D eigenvalue weighted by atomic mass is 32.1. The average Bonchev–Trinajstić information content (AvgIpc) is 3.24. The van der Waals surface area contributed by atoms with Gasteiger partial charge in [-0.1, -0.05) is 19.3 Å². The molecule has 1 aliphatic rings. The number of nitrogens with zero attached hydrogens (tertiary/aromatic N) is 3. The summed E-state index contributed by atoms with van der Waals surface area (Å²) in [6.07, 6.45) is 8.85. The summed E-state index contributed by atoms with van der Waals surface area (Å²) < 4.78 is 2.47. The van der Waals surface area contributed by atoms with E-state index in [1.165, 1.54) is 43.5 Å². The fourth-order valence-electron chi connectivity index (χ4n) is 3.78. The summed E-state index contributed by atoms with van der Waals surface area (Å²) in [5.74, 6) is 0.818. The van der Waals surface area contributed by atoms with Gasteiger partial charge in [0.25, 0.3) is 0 Å². The maximum absolute atomic E-state index is 4.91. The molecule has 0 N–H and O–H groups in total. The van der Waals surface area contributed by atoms with Crippen LogP contribution in [0.5, 0.6) is 0 Å². The highest BCUT2D eigenvalue weighted by Crippen LogP contribution is 2.32. The van der Waals surface area contributed by atoms with Crippen molar-refractivity contribution in [1.82, 2.24) is 14.5 Å². The molecule has 3 nitrogen and oxygen atoms in total. The van der Waals surface area contributed by atoms with Gasteiger partial charge in [-0.05, 0) is 56.9 Å². The zero-order valence-electron chi connectivity index (χ0n) is 15.0. The molecule has 0 atom stereocenters. The molecule has 1 saturated carbocycles. The molecule has 0 bridgehead atoms. The monoisotopic (exact) mass is 351 g/mol. The van der Waals surface area contributed by atoms with Crippen molar-refractivity contribution in [3.8, 4) is 22.0 Å². The van der Waals surface area contributed by atoms with E-state index < -0.39 is 0 Å². The molecule has 0 aliphatic heterocycles. The van der Waals surface area contributed by atoms with Crippen LogP contribution in [-0.4, -0.2) is 14.5 Å². The molecule has 0 amide bonds. The summed E-state index contributed by atoms with van der Waals surface area (Å²) in [4.78, 5) is 9.30. The number of aryl methyl sites for hydroxylation is 2. The van der Waals surface area contributed by atoms with Crippen molar-refractivity contribution in [1.29, 1.82) is 0 Å². The Hall–Kier alpha value is -1.94. The highest BCUT2D eigenvalue weighted by molar-refractivity contribution is 7.13. The van der Waals surface area contributed by atoms with Crippen molar-refractivity contribution in [2.45, 2.75) is 52.5 Å². The van der Waals surface area contributed by atoms with Crippen LogP contribution in [0.4, 0.5) is 0 Å². The Kier molecular flexibility index (Phi) is 4.71. The maximum atomic E-state index is 4.91. The van der Waals surface area contributed by atoms with Crippen LogP contribution in [0.1, 0.15) is 43.5 Å². The van der Waals surface area contributed by atoms with Gasteiger partial charge >= 0.3 is 0 Å². The summed E-state index contributed by atoms with van der Waals surface area (Å²) in [6, 6.07) is 8.61. The number of pyridine rings is 1. The van der Waals surface area contributed by atoms with Crippen LogP contribution in [0.3, 0.4) is 0 Å². The van der Waals surface area contributed by atoms with Gasteiger partial charge < -0.3 is 4.57 Å². The van der Waals surface area contributed by atoms with E-state index in [4.69, 9.17) is 4.98 Å². The smallest absolute Gasteiger partial charge is 0.125 e. The molecule has 1 fully saturated rings. The lowest BCUT2D eigenvalue weighted by Gasteiger charge is -2.24. The Balaban J connectivity index is 1.61. The lowest BCUT2D eigenvalue weighted by molar-refractivity contribution is 0.319. The van der Waals surface area contributed by atoms with E-state index in [0.717, 1.165) is 34.4 Å². The minimum absolute atomic E-state index is 0.818. The van der Waals surface area contributed by atoms with Crippen molar-refractivity contribution in [2.75, 3.05) is 0 Å². The zero-order valence-corrected chi connectivity index (χ0v) is 15.9. The standard InChI is InChI=1S/C21H25N3S/c1-15-8-10-18(12-22-15)21-23-19(14-25-21)20-11-9-16(2)24(20)13-17-6-4-3-5-7-17/h8-12,14,17H,3-7,13H2,1-2H3. The molecule has 3 heterocycles. The number of thiazole rings is 1. The topological polar surface area (TPSA) is 30.7 Å². The third kappa shape index (κ3) is 3.54. The van der Waals surface area contributed by atoms with E-state index in [0.29, 0.717) is 0 Å². The van der Waals surface area contributed by atoms with Crippen molar-refractivity contribution in [2.24, 2.45) is 5.92 Å². The summed E-state index contributed by atoms with van der Waals surface area (Å²) in [7, 11) is 0. The third-order valence-electron chi connectivity index (χ3n) is 5.29. The van der Waals surface area contributed by atoms with E-state index >= 15 is 0 Å². The van der Waals surface area contributed by atoms with E-state index in [2.05, 4.69) is 40.1 Å². The predicted molar refractivity (Wildman–Crippen MR) is 105 cm³/mol. The molecule has 4 rings (SSSR count). The first-order chi connectivity index (χ1) is 12.2. The Morgan fingerprint density at radius 2 is 1.92 bits per heavy atom. The van der Waals surface area contributed by atoms with Gasteiger partial charge in [0.05, 0.1) is 11.4 Å². The fourth-order valence-corrected chi connectivity index (χ4v) is 4.59. The number of rotatable bonds is 4. The lowest BCUT2D eigenvalue weighted by Crippen LogP contribution is -2.15. The molecule has 1 aliphatic carbocycles. The zero-order chi connectivity index (χ0) is 17.2.